The van der Waals surface area contributed by atoms with Crippen molar-refractivity contribution in [1.29, 1.82) is 0 Å². The van der Waals surface area contributed by atoms with Crippen LogP contribution in [0.25, 0.3) is 0 Å². The second kappa shape index (κ2) is 3.94. The summed E-state index contributed by atoms with van der Waals surface area (Å²) in [7, 11) is -3.05. The lowest BCUT2D eigenvalue weighted by Gasteiger charge is -2.30. The second-order valence-corrected chi connectivity index (χ2v) is 8.10. The third kappa shape index (κ3) is 2.23. The molecule has 2 saturated heterocycles. The van der Waals surface area contributed by atoms with E-state index in [1.165, 1.54) is 9.80 Å². The van der Waals surface area contributed by atoms with E-state index in [4.69, 9.17) is 0 Å². The maximum atomic E-state index is 12.2. The van der Waals surface area contributed by atoms with Crippen molar-refractivity contribution >= 4 is 21.8 Å². The molecule has 0 aromatic carbocycles. The van der Waals surface area contributed by atoms with E-state index in [0.717, 1.165) is 0 Å². The average molecular weight is 274 g/mol. The molecule has 0 aromatic heterocycles. The van der Waals surface area contributed by atoms with Crippen molar-refractivity contribution in [1.82, 2.24) is 9.80 Å². The molecular weight excluding hydrogens is 256 g/mol. The van der Waals surface area contributed by atoms with E-state index in [1.54, 1.807) is 20.8 Å². The van der Waals surface area contributed by atoms with Crippen molar-refractivity contribution in [2.75, 3.05) is 18.1 Å². The standard InChI is InChI=1S/C11H18N2O4S/c1-11(2,3)13-9(14)6-12(10(13)15)8-4-5-18(16,17)7-8/h8H,4-7H2,1-3H3. The van der Waals surface area contributed by atoms with Crippen LogP contribution in [0.2, 0.25) is 0 Å². The zero-order valence-corrected chi connectivity index (χ0v) is 11.7. The van der Waals surface area contributed by atoms with Gasteiger partial charge in [-0.25, -0.2) is 13.2 Å². The Kier molecular flexibility index (Phi) is 2.92. The first kappa shape index (κ1) is 13.3. The molecule has 3 amide bonds. The molecule has 2 aliphatic rings. The second-order valence-electron chi connectivity index (χ2n) is 5.87. The zero-order valence-electron chi connectivity index (χ0n) is 10.8. The van der Waals surface area contributed by atoms with Crippen LogP contribution in [0.4, 0.5) is 4.79 Å². The molecule has 18 heavy (non-hydrogen) atoms. The van der Waals surface area contributed by atoms with Crippen LogP contribution in [0.1, 0.15) is 27.2 Å². The fourth-order valence-electron chi connectivity index (χ4n) is 2.49. The molecule has 0 bridgehead atoms. The van der Waals surface area contributed by atoms with Gasteiger partial charge in [0.25, 0.3) is 5.91 Å². The lowest BCUT2D eigenvalue weighted by atomic mass is 10.1. The summed E-state index contributed by atoms with van der Waals surface area (Å²) in [4.78, 5) is 26.7. The predicted molar refractivity (Wildman–Crippen MR) is 65.8 cm³/mol. The van der Waals surface area contributed by atoms with Gasteiger partial charge >= 0.3 is 6.03 Å². The van der Waals surface area contributed by atoms with Crippen LogP contribution in [0.15, 0.2) is 0 Å². The summed E-state index contributed by atoms with van der Waals surface area (Å²) >= 11 is 0. The normalized spacial score (nSPS) is 28.3. The number of hydrogen-bond donors (Lipinski definition) is 0. The first-order valence-electron chi connectivity index (χ1n) is 5.96. The minimum absolute atomic E-state index is 0.00368. The summed E-state index contributed by atoms with van der Waals surface area (Å²) in [6.45, 7) is 5.36. The molecule has 2 aliphatic heterocycles. The van der Waals surface area contributed by atoms with Gasteiger partial charge in [0.1, 0.15) is 6.54 Å². The molecule has 6 nitrogen and oxygen atoms in total. The lowest BCUT2D eigenvalue weighted by molar-refractivity contribution is -0.128. The summed E-state index contributed by atoms with van der Waals surface area (Å²) in [5.74, 6) is -0.174. The van der Waals surface area contributed by atoms with Crippen molar-refractivity contribution < 1.29 is 18.0 Å². The van der Waals surface area contributed by atoms with Crippen LogP contribution in [-0.2, 0) is 14.6 Å². The Morgan fingerprint density at radius 1 is 1.22 bits per heavy atom. The monoisotopic (exact) mass is 274 g/mol. The maximum absolute atomic E-state index is 12.2. The predicted octanol–water partition coefficient (Wildman–Crippen LogP) is 0.236. The van der Waals surface area contributed by atoms with Crippen LogP contribution in [0.3, 0.4) is 0 Å². The van der Waals surface area contributed by atoms with Crippen LogP contribution in [-0.4, -0.2) is 59.8 Å². The Morgan fingerprint density at radius 3 is 2.22 bits per heavy atom. The van der Waals surface area contributed by atoms with Gasteiger partial charge in [-0.15, -0.1) is 0 Å². The molecule has 2 rings (SSSR count). The minimum Gasteiger partial charge on any atom is -0.311 e. The number of rotatable bonds is 1. The molecule has 2 heterocycles. The first-order valence-corrected chi connectivity index (χ1v) is 7.78. The quantitative estimate of drug-likeness (QED) is 0.642. The Hall–Kier alpha value is -1.11. The molecule has 0 saturated carbocycles. The van der Waals surface area contributed by atoms with Gasteiger partial charge in [0.2, 0.25) is 0 Å². The Labute approximate surface area is 107 Å². The highest BCUT2D eigenvalue weighted by Gasteiger charge is 2.47. The summed E-state index contributed by atoms with van der Waals surface area (Å²) < 4.78 is 22.9. The number of nitrogens with zero attached hydrogens (tertiary/aromatic N) is 2. The number of sulfone groups is 1. The van der Waals surface area contributed by atoms with Crippen LogP contribution < -0.4 is 0 Å². The molecule has 7 heteroatoms. The molecule has 102 valence electrons. The highest BCUT2D eigenvalue weighted by molar-refractivity contribution is 7.91. The van der Waals surface area contributed by atoms with Crippen molar-refractivity contribution in [2.45, 2.75) is 38.8 Å². The number of hydrogen-bond acceptors (Lipinski definition) is 4. The molecular formula is C11H18N2O4S. The SMILES string of the molecule is CC(C)(C)N1C(=O)CN(C2CCS(=O)(=O)C2)C1=O. The van der Waals surface area contributed by atoms with E-state index >= 15 is 0 Å². The molecule has 0 aliphatic carbocycles. The summed E-state index contributed by atoms with van der Waals surface area (Å²) in [5, 5.41) is 0. The molecule has 2 fully saturated rings. The summed E-state index contributed by atoms with van der Waals surface area (Å²) in [6, 6.07) is -0.714. The van der Waals surface area contributed by atoms with Gasteiger partial charge in [-0.05, 0) is 27.2 Å². The third-order valence-corrected chi connectivity index (χ3v) is 5.06. The average Bonchev–Trinajstić information content (AvgIpc) is 2.65. The number of imide groups is 1. The fraction of sp³-hybridized carbons (Fsp3) is 0.818. The Bertz CT molecular complexity index is 492. The van der Waals surface area contributed by atoms with Gasteiger partial charge in [0, 0.05) is 11.6 Å². The summed E-state index contributed by atoms with van der Waals surface area (Å²) in [5.41, 5.74) is -0.569. The number of amides is 3. The Balaban J connectivity index is 2.19. The molecule has 0 spiro atoms. The number of urea groups is 1. The largest absolute Gasteiger partial charge is 0.328 e. The smallest absolute Gasteiger partial charge is 0.311 e. The topological polar surface area (TPSA) is 74.8 Å². The minimum atomic E-state index is -3.05. The number of carbonyl (C=O) groups is 2. The van der Waals surface area contributed by atoms with E-state index < -0.39 is 15.4 Å². The molecule has 0 aromatic rings. The van der Waals surface area contributed by atoms with E-state index in [9.17, 15) is 18.0 Å². The van der Waals surface area contributed by atoms with Gasteiger partial charge in [-0.1, -0.05) is 0 Å². The van der Waals surface area contributed by atoms with E-state index in [-0.39, 0.29) is 36.0 Å². The van der Waals surface area contributed by atoms with Crippen molar-refractivity contribution in [2.24, 2.45) is 0 Å². The van der Waals surface area contributed by atoms with Crippen molar-refractivity contribution in [3.8, 4) is 0 Å². The molecule has 0 radical (unpaired) electrons. The van der Waals surface area contributed by atoms with Crippen molar-refractivity contribution in [3.63, 3.8) is 0 Å². The van der Waals surface area contributed by atoms with Crippen LogP contribution in [0.5, 0.6) is 0 Å². The highest BCUT2D eigenvalue weighted by atomic mass is 32.2. The van der Waals surface area contributed by atoms with E-state index in [1.807, 2.05) is 0 Å². The summed E-state index contributed by atoms with van der Waals surface area (Å²) in [6.07, 6.45) is 0.430. The zero-order chi connectivity index (χ0) is 13.7. The molecule has 0 N–H and O–H groups in total. The molecule has 1 unspecified atom stereocenters. The third-order valence-electron chi connectivity index (χ3n) is 3.31. The van der Waals surface area contributed by atoms with E-state index in [0.29, 0.717) is 6.42 Å². The first-order chi connectivity index (χ1) is 8.12. The highest BCUT2D eigenvalue weighted by Crippen LogP contribution is 2.27. The van der Waals surface area contributed by atoms with Crippen molar-refractivity contribution in [3.05, 3.63) is 0 Å². The van der Waals surface area contributed by atoms with Gasteiger partial charge in [-0.2, -0.15) is 0 Å². The van der Waals surface area contributed by atoms with Gasteiger partial charge < -0.3 is 4.90 Å². The van der Waals surface area contributed by atoms with Crippen LogP contribution >= 0.6 is 0 Å². The molecule has 1 atom stereocenters. The van der Waals surface area contributed by atoms with Gasteiger partial charge in [0.05, 0.1) is 11.5 Å². The fourth-order valence-corrected chi connectivity index (χ4v) is 4.22. The number of carbonyl (C=O) groups excluding carboxylic acids is 2. The lowest BCUT2D eigenvalue weighted by Crippen LogP contribution is -2.47. The van der Waals surface area contributed by atoms with Crippen LogP contribution in [0, 0.1) is 0 Å². The van der Waals surface area contributed by atoms with Gasteiger partial charge in [-0.3, -0.25) is 9.69 Å². The maximum Gasteiger partial charge on any atom is 0.328 e. The van der Waals surface area contributed by atoms with E-state index in [2.05, 4.69) is 0 Å². The Morgan fingerprint density at radius 2 is 1.83 bits per heavy atom. The van der Waals surface area contributed by atoms with Gasteiger partial charge in [0.15, 0.2) is 9.84 Å².